The smallest absolute Gasteiger partial charge is 0.130 e. The summed E-state index contributed by atoms with van der Waals surface area (Å²) in [5, 5.41) is 0. The quantitative estimate of drug-likeness (QED) is 0.413. The van der Waals surface area contributed by atoms with Gasteiger partial charge in [0.2, 0.25) is 0 Å². The highest BCUT2D eigenvalue weighted by Crippen LogP contribution is 2.08. The summed E-state index contributed by atoms with van der Waals surface area (Å²) in [4.78, 5) is 10.6. The Labute approximate surface area is 138 Å². The lowest BCUT2D eigenvalue weighted by Crippen LogP contribution is -1.92. The molecule has 0 aliphatic heterocycles. The van der Waals surface area contributed by atoms with Crippen LogP contribution >= 0.6 is 0 Å². The van der Waals surface area contributed by atoms with Crippen LogP contribution in [0.5, 0.6) is 0 Å². The number of ketones is 1. The van der Waals surface area contributed by atoms with Gasteiger partial charge in [0.25, 0.3) is 0 Å². The summed E-state index contributed by atoms with van der Waals surface area (Å²) in [7, 11) is 0. The normalized spacial score (nSPS) is 9.95. The van der Waals surface area contributed by atoms with E-state index in [0.717, 1.165) is 6.42 Å². The highest BCUT2D eigenvalue weighted by molar-refractivity contribution is 5.75. The van der Waals surface area contributed by atoms with Crippen molar-refractivity contribution in [2.24, 2.45) is 0 Å². The Morgan fingerprint density at radius 2 is 1.23 bits per heavy atom. The van der Waals surface area contributed by atoms with Gasteiger partial charge in [-0.05, 0) is 18.9 Å². The van der Waals surface area contributed by atoms with Gasteiger partial charge in [0.15, 0.2) is 0 Å². The third-order valence-electron chi connectivity index (χ3n) is 3.82. The fraction of sp³-hybridized carbons (Fsp3) is 0.667. The molecule has 0 N–H and O–H groups in total. The monoisotopic (exact) mass is 304 g/mol. The number of benzene rings is 1. The second kappa shape index (κ2) is 16.3. The Kier molecular flexibility index (Phi) is 15.4. The van der Waals surface area contributed by atoms with Crippen molar-refractivity contribution in [3.8, 4) is 0 Å². The van der Waals surface area contributed by atoms with Crippen LogP contribution in [0.3, 0.4) is 0 Å². The van der Waals surface area contributed by atoms with Crippen LogP contribution in [0.15, 0.2) is 30.3 Å². The second-order valence-corrected chi connectivity index (χ2v) is 6.16. The molecule has 0 atom stereocenters. The van der Waals surface area contributed by atoms with Crippen molar-refractivity contribution >= 4 is 5.78 Å². The lowest BCUT2D eigenvalue weighted by Gasteiger charge is -1.98. The highest BCUT2D eigenvalue weighted by Gasteiger charge is 1.94. The van der Waals surface area contributed by atoms with Crippen LogP contribution in [0.2, 0.25) is 0 Å². The van der Waals surface area contributed by atoms with Crippen molar-refractivity contribution in [1.29, 1.82) is 0 Å². The maximum absolute atomic E-state index is 10.6. The summed E-state index contributed by atoms with van der Waals surface area (Å²) in [6, 6.07) is 10.1. The summed E-state index contributed by atoms with van der Waals surface area (Å²) >= 11 is 0. The zero-order chi connectivity index (χ0) is 16.5. The van der Waals surface area contributed by atoms with Crippen molar-refractivity contribution < 1.29 is 4.79 Å². The standard InChI is InChI=1S/C11H24.C10H12O/c1-3-5-7-9-11-10-8-6-4-2;1-9(11)7-8-10-5-3-2-4-6-10/h3-11H2,1-2H3;2-6H,7-8H2,1H3. The molecule has 0 aliphatic rings. The Bertz CT molecular complexity index is 334. The van der Waals surface area contributed by atoms with Gasteiger partial charge in [-0.2, -0.15) is 0 Å². The largest absolute Gasteiger partial charge is 0.300 e. The first kappa shape index (κ1) is 20.9. The minimum atomic E-state index is 0.258. The van der Waals surface area contributed by atoms with Crippen LogP contribution in [0.4, 0.5) is 0 Å². The van der Waals surface area contributed by atoms with E-state index in [0.29, 0.717) is 6.42 Å². The summed E-state index contributed by atoms with van der Waals surface area (Å²) in [5.41, 5.74) is 1.24. The third-order valence-corrected chi connectivity index (χ3v) is 3.82. The number of Topliss-reactive ketones (excluding diaryl/α,β-unsaturated/α-hetero) is 1. The van der Waals surface area contributed by atoms with Crippen molar-refractivity contribution in [3.05, 3.63) is 35.9 Å². The molecular weight excluding hydrogens is 268 g/mol. The Morgan fingerprint density at radius 3 is 1.64 bits per heavy atom. The van der Waals surface area contributed by atoms with Crippen LogP contribution in [0.1, 0.15) is 90.5 Å². The lowest BCUT2D eigenvalue weighted by molar-refractivity contribution is -0.116. The maximum atomic E-state index is 10.6. The van der Waals surface area contributed by atoms with E-state index in [1.807, 2.05) is 30.3 Å². The van der Waals surface area contributed by atoms with Crippen molar-refractivity contribution in [1.82, 2.24) is 0 Å². The van der Waals surface area contributed by atoms with E-state index in [9.17, 15) is 4.79 Å². The average Bonchev–Trinajstić information content (AvgIpc) is 2.54. The number of hydrogen-bond donors (Lipinski definition) is 0. The average molecular weight is 305 g/mol. The van der Waals surface area contributed by atoms with Crippen LogP contribution in [0.25, 0.3) is 0 Å². The molecule has 0 heterocycles. The minimum Gasteiger partial charge on any atom is -0.300 e. The number of rotatable bonds is 11. The maximum Gasteiger partial charge on any atom is 0.130 e. The van der Waals surface area contributed by atoms with Gasteiger partial charge in [0, 0.05) is 6.42 Å². The molecular formula is C21H36O. The molecule has 0 fully saturated rings. The fourth-order valence-electron chi connectivity index (χ4n) is 2.35. The predicted molar refractivity (Wildman–Crippen MR) is 98.3 cm³/mol. The van der Waals surface area contributed by atoms with Gasteiger partial charge >= 0.3 is 0 Å². The Hall–Kier alpha value is -1.11. The number of hydrogen-bond acceptors (Lipinski definition) is 1. The molecule has 0 amide bonds. The van der Waals surface area contributed by atoms with Gasteiger partial charge in [-0.15, -0.1) is 0 Å². The van der Waals surface area contributed by atoms with Crippen molar-refractivity contribution in [2.75, 3.05) is 0 Å². The second-order valence-electron chi connectivity index (χ2n) is 6.16. The van der Waals surface area contributed by atoms with Crippen LogP contribution < -0.4 is 0 Å². The molecule has 0 bridgehead atoms. The highest BCUT2D eigenvalue weighted by atomic mass is 16.1. The first-order chi connectivity index (χ1) is 10.7. The summed E-state index contributed by atoms with van der Waals surface area (Å²) in [5.74, 6) is 0.258. The third kappa shape index (κ3) is 15.3. The topological polar surface area (TPSA) is 17.1 Å². The number of carbonyl (C=O) groups is 1. The van der Waals surface area contributed by atoms with E-state index in [1.54, 1.807) is 6.92 Å². The zero-order valence-electron chi connectivity index (χ0n) is 15.1. The summed E-state index contributed by atoms with van der Waals surface area (Å²) < 4.78 is 0. The first-order valence-electron chi connectivity index (χ1n) is 9.24. The molecule has 1 heteroatoms. The Balaban J connectivity index is 0.000000401. The van der Waals surface area contributed by atoms with E-state index < -0.39 is 0 Å². The Morgan fingerprint density at radius 1 is 0.773 bits per heavy atom. The van der Waals surface area contributed by atoms with E-state index in [4.69, 9.17) is 0 Å². The zero-order valence-corrected chi connectivity index (χ0v) is 15.1. The SMILES string of the molecule is CC(=O)CCc1ccccc1.CCCCCCCCCCC. The minimum absolute atomic E-state index is 0.258. The van der Waals surface area contributed by atoms with Gasteiger partial charge in [-0.1, -0.05) is 102 Å². The molecule has 0 aliphatic carbocycles. The van der Waals surface area contributed by atoms with Crippen LogP contribution in [-0.2, 0) is 11.2 Å². The van der Waals surface area contributed by atoms with Crippen LogP contribution in [0, 0.1) is 0 Å². The van der Waals surface area contributed by atoms with Crippen molar-refractivity contribution in [3.63, 3.8) is 0 Å². The molecule has 0 saturated heterocycles. The summed E-state index contributed by atoms with van der Waals surface area (Å²) in [6.45, 7) is 6.18. The fourth-order valence-corrected chi connectivity index (χ4v) is 2.35. The van der Waals surface area contributed by atoms with Gasteiger partial charge in [0.1, 0.15) is 5.78 Å². The molecule has 0 aromatic heterocycles. The predicted octanol–water partition coefficient (Wildman–Crippen LogP) is 6.75. The van der Waals surface area contributed by atoms with Gasteiger partial charge in [0.05, 0.1) is 0 Å². The molecule has 126 valence electrons. The number of carbonyl (C=O) groups excluding carboxylic acids is 1. The molecule has 1 rings (SSSR count). The molecule has 1 nitrogen and oxygen atoms in total. The molecule has 0 spiro atoms. The summed E-state index contributed by atoms with van der Waals surface area (Å²) in [6.07, 6.45) is 14.5. The number of aryl methyl sites for hydroxylation is 1. The number of unbranched alkanes of at least 4 members (excludes halogenated alkanes) is 8. The molecule has 0 unspecified atom stereocenters. The van der Waals surface area contributed by atoms with Gasteiger partial charge in [-0.25, -0.2) is 0 Å². The van der Waals surface area contributed by atoms with Crippen molar-refractivity contribution in [2.45, 2.75) is 91.4 Å². The first-order valence-corrected chi connectivity index (χ1v) is 9.24. The molecule has 1 aromatic carbocycles. The van der Waals surface area contributed by atoms with E-state index in [1.165, 1.54) is 63.4 Å². The lowest BCUT2D eigenvalue weighted by atomic mass is 10.1. The molecule has 1 aromatic rings. The van der Waals surface area contributed by atoms with Gasteiger partial charge < -0.3 is 4.79 Å². The van der Waals surface area contributed by atoms with E-state index in [2.05, 4.69) is 13.8 Å². The van der Waals surface area contributed by atoms with E-state index in [-0.39, 0.29) is 5.78 Å². The molecule has 22 heavy (non-hydrogen) atoms. The van der Waals surface area contributed by atoms with Crippen LogP contribution in [-0.4, -0.2) is 5.78 Å². The molecule has 0 radical (unpaired) electrons. The van der Waals surface area contributed by atoms with E-state index >= 15 is 0 Å². The molecule has 0 saturated carbocycles. The van der Waals surface area contributed by atoms with Gasteiger partial charge in [-0.3, -0.25) is 0 Å².